The van der Waals surface area contributed by atoms with Crippen molar-refractivity contribution in [1.29, 1.82) is 5.26 Å². The molecule has 1 amide bonds. The van der Waals surface area contributed by atoms with Crippen LogP contribution in [-0.2, 0) is 15.5 Å². The van der Waals surface area contributed by atoms with Gasteiger partial charge in [0.25, 0.3) is 5.91 Å². The van der Waals surface area contributed by atoms with Gasteiger partial charge in [-0.15, -0.1) is 0 Å². The zero-order chi connectivity index (χ0) is 33.8. The normalized spacial score (nSPS) is 22.9. The summed E-state index contributed by atoms with van der Waals surface area (Å²) < 4.78 is 71.5. The zero-order valence-corrected chi connectivity index (χ0v) is 26.2. The summed E-state index contributed by atoms with van der Waals surface area (Å²) in [6.07, 6.45) is 0.259. The number of nitriles is 1. The van der Waals surface area contributed by atoms with Crippen molar-refractivity contribution < 1.29 is 36.6 Å². The Kier molecular flexibility index (Phi) is 10.9. The summed E-state index contributed by atoms with van der Waals surface area (Å²) in [6.45, 7) is 0.594. The van der Waals surface area contributed by atoms with E-state index in [2.05, 4.69) is 9.80 Å². The minimum atomic E-state index is -4.87. The van der Waals surface area contributed by atoms with Gasteiger partial charge >= 0.3 is 18.1 Å². The molecular weight excluding hydrogens is 619 g/mol. The van der Waals surface area contributed by atoms with Crippen molar-refractivity contribution in [3.63, 3.8) is 0 Å². The molecule has 254 valence electrons. The van der Waals surface area contributed by atoms with E-state index < -0.39 is 48.2 Å². The predicted octanol–water partition coefficient (Wildman–Crippen LogP) is 6.25. The molecule has 0 aromatic heterocycles. The second-order valence-electron chi connectivity index (χ2n) is 13.3. The summed E-state index contributed by atoms with van der Waals surface area (Å²) >= 11 is 0. The van der Waals surface area contributed by atoms with E-state index in [1.807, 2.05) is 30.3 Å². The smallest absolute Gasteiger partial charge is 0.406 e. The summed E-state index contributed by atoms with van der Waals surface area (Å²) in [7, 11) is 0. The maximum Gasteiger partial charge on any atom is 0.406 e. The Hall–Kier alpha value is -3.56. The van der Waals surface area contributed by atoms with Crippen molar-refractivity contribution in [3.8, 4) is 6.07 Å². The lowest BCUT2D eigenvalue weighted by Crippen LogP contribution is -2.54. The van der Waals surface area contributed by atoms with Crippen LogP contribution in [0.1, 0.15) is 67.6 Å². The number of alkyl halides is 5. The molecule has 2 aliphatic heterocycles. The molecule has 1 saturated carbocycles. The van der Waals surface area contributed by atoms with Crippen LogP contribution in [0.15, 0.2) is 54.6 Å². The van der Waals surface area contributed by atoms with E-state index in [9.17, 15) is 27.9 Å². The average Bonchev–Trinajstić information content (AvgIpc) is 3.46. The molecule has 0 bridgehead atoms. The average molecular weight is 661 g/mol. The lowest BCUT2D eigenvalue weighted by Gasteiger charge is -2.41. The summed E-state index contributed by atoms with van der Waals surface area (Å²) in [5.41, 5.74) is 0.426. The molecule has 5 rings (SSSR count). The SMILES string of the molecule is N#Cc1ccc(C(F)(F)C(=O)N(CC(F)(F)F)C2CCN(C[C@H]3CN([C@@H](C(=O)O)C4CCCCC4)C[C@@H]3c3ccccc3)CC2)cc1. The molecule has 3 aliphatic rings. The van der Waals surface area contributed by atoms with Gasteiger partial charge in [-0.2, -0.15) is 27.2 Å². The highest BCUT2D eigenvalue weighted by Gasteiger charge is 2.49. The zero-order valence-electron chi connectivity index (χ0n) is 26.2. The fourth-order valence-corrected chi connectivity index (χ4v) is 7.86. The van der Waals surface area contributed by atoms with E-state index in [1.54, 1.807) is 6.07 Å². The number of carboxylic acid groups (broad SMARTS) is 1. The lowest BCUT2D eigenvalue weighted by molar-refractivity contribution is -0.185. The number of carbonyl (C=O) groups is 2. The molecule has 1 aliphatic carbocycles. The van der Waals surface area contributed by atoms with Gasteiger partial charge in [-0.05, 0) is 55.2 Å². The highest BCUT2D eigenvalue weighted by molar-refractivity contribution is 5.85. The van der Waals surface area contributed by atoms with Gasteiger partial charge < -0.3 is 14.9 Å². The van der Waals surface area contributed by atoms with Crippen LogP contribution < -0.4 is 0 Å². The van der Waals surface area contributed by atoms with Crippen LogP contribution in [0.4, 0.5) is 22.0 Å². The van der Waals surface area contributed by atoms with Crippen molar-refractivity contribution in [2.24, 2.45) is 11.8 Å². The molecule has 3 atom stereocenters. The molecule has 0 spiro atoms. The van der Waals surface area contributed by atoms with Crippen LogP contribution in [0.2, 0.25) is 0 Å². The van der Waals surface area contributed by atoms with Crippen LogP contribution in [0, 0.1) is 23.2 Å². The second kappa shape index (κ2) is 14.7. The minimum Gasteiger partial charge on any atom is -0.480 e. The monoisotopic (exact) mass is 660 g/mol. The Morgan fingerprint density at radius 1 is 0.915 bits per heavy atom. The third kappa shape index (κ3) is 8.30. The Morgan fingerprint density at radius 3 is 2.13 bits per heavy atom. The number of carboxylic acids is 1. The Morgan fingerprint density at radius 2 is 1.55 bits per heavy atom. The minimum absolute atomic E-state index is 0.0630. The van der Waals surface area contributed by atoms with Gasteiger partial charge in [0.15, 0.2) is 0 Å². The number of rotatable bonds is 10. The number of halogens is 5. The van der Waals surface area contributed by atoms with Gasteiger partial charge in [-0.25, -0.2) is 0 Å². The Bertz CT molecular complexity index is 1400. The summed E-state index contributed by atoms with van der Waals surface area (Å²) in [5.74, 6) is -6.70. The number of carbonyl (C=O) groups excluding carboxylic acids is 1. The van der Waals surface area contributed by atoms with Gasteiger partial charge in [0.05, 0.1) is 11.6 Å². The van der Waals surface area contributed by atoms with Gasteiger partial charge in [0, 0.05) is 50.2 Å². The van der Waals surface area contributed by atoms with Crippen molar-refractivity contribution in [2.75, 3.05) is 39.3 Å². The molecule has 3 fully saturated rings. The third-order valence-electron chi connectivity index (χ3n) is 10.2. The highest BCUT2D eigenvalue weighted by Crippen LogP contribution is 2.39. The van der Waals surface area contributed by atoms with Crippen LogP contribution in [-0.4, -0.2) is 89.2 Å². The molecule has 12 heteroatoms. The van der Waals surface area contributed by atoms with E-state index >= 15 is 8.78 Å². The van der Waals surface area contributed by atoms with E-state index in [-0.39, 0.29) is 41.1 Å². The number of aliphatic carboxylic acids is 1. The van der Waals surface area contributed by atoms with Crippen LogP contribution >= 0.6 is 0 Å². The molecule has 2 aromatic carbocycles. The van der Waals surface area contributed by atoms with Gasteiger partial charge in [-0.3, -0.25) is 14.5 Å². The van der Waals surface area contributed by atoms with E-state index in [0.29, 0.717) is 32.7 Å². The number of nitrogens with zero attached hydrogens (tertiary/aromatic N) is 4. The third-order valence-corrected chi connectivity index (χ3v) is 10.2. The van der Waals surface area contributed by atoms with Crippen molar-refractivity contribution >= 4 is 11.9 Å². The van der Waals surface area contributed by atoms with Crippen molar-refractivity contribution in [2.45, 2.75) is 75.0 Å². The molecule has 0 unspecified atom stereocenters. The van der Waals surface area contributed by atoms with Crippen LogP contribution in [0.5, 0.6) is 0 Å². The molecular formula is C35H41F5N4O3. The molecule has 2 aromatic rings. The number of hydrogen-bond donors (Lipinski definition) is 1. The number of benzene rings is 2. The molecule has 7 nitrogen and oxygen atoms in total. The summed E-state index contributed by atoms with van der Waals surface area (Å²) in [6, 6.07) is 14.1. The molecule has 1 N–H and O–H groups in total. The van der Waals surface area contributed by atoms with E-state index in [4.69, 9.17) is 5.26 Å². The molecule has 2 heterocycles. The van der Waals surface area contributed by atoms with E-state index in [0.717, 1.165) is 61.9 Å². The first-order valence-corrected chi connectivity index (χ1v) is 16.4. The molecule has 47 heavy (non-hydrogen) atoms. The van der Waals surface area contributed by atoms with Crippen molar-refractivity contribution in [1.82, 2.24) is 14.7 Å². The number of hydrogen-bond acceptors (Lipinski definition) is 5. The summed E-state index contributed by atoms with van der Waals surface area (Å²) in [5, 5.41) is 19.2. The second-order valence-corrected chi connectivity index (χ2v) is 13.3. The number of piperidine rings is 1. The van der Waals surface area contributed by atoms with Crippen LogP contribution in [0.3, 0.4) is 0 Å². The first-order valence-electron chi connectivity index (χ1n) is 16.4. The molecule has 0 radical (unpaired) electrons. The fourth-order valence-electron chi connectivity index (χ4n) is 7.86. The van der Waals surface area contributed by atoms with Crippen LogP contribution in [0.25, 0.3) is 0 Å². The number of likely N-dealkylation sites (tertiary alicyclic amines) is 2. The quantitative estimate of drug-likeness (QED) is 0.303. The highest BCUT2D eigenvalue weighted by atomic mass is 19.4. The fraction of sp³-hybridized carbons (Fsp3) is 0.571. The molecule has 2 saturated heterocycles. The Labute approximate surface area is 271 Å². The standard InChI is InChI=1S/C35H41F5N4O3/c36-34(37,38)23-44(33(47)35(39,40)28-13-11-24(19-41)12-14-28)29-15-17-42(18-16-29)20-27-21-43(22-30(27)25-7-3-1-4-8-25)31(32(45)46)26-9-5-2-6-10-26/h1,3-4,7-8,11-14,26-27,29-31H,2,5-6,9-10,15-18,20-23H2,(H,45,46)/t27-,30+,31+/m0/s1. The van der Waals surface area contributed by atoms with E-state index in [1.165, 1.54) is 0 Å². The number of amides is 1. The predicted molar refractivity (Wildman–Crippen MR) is 165 cm³/mol. The first kappa shape index (κ1) is 34.8. The largest absolute Gasteiger partial charge is 0.480 e. The van der Waals surface area contributed by atoms with Gasteiger partial charge in [0.1, 0.15) is 12.6 Å². The topological polar surface area (TPSA) is 87.9 Å². The van der Waals surface area contributed by atoms with Gasteiger partial charge in [-0.1, -0.05) is 61.7 Å². The first-order chi connectivity index (χ1) is 22.4. The Balaban J connectivity index is 1.29. The maximum absolute atomic E-state index is 15.3. The summed E-state index contributed by atoms with van der Waals surface area (Å²) in [4.78, 5) is 30.1. The lowest BCUT2D eigenvalue weighted by atomic mass is 9.83. The maximum atomic E-state index is 15.3. The van der Waals surface area contributed by atoms with Crippen molar-refractivity contribution in [3.05, 3.63) is 71.3 Å². The van der Waals surface area contributed by atoms with Gasteiger partial charge in [0.2, 0.25) is 0 Å².